The number of hydrogen-bond acceptors (Lipinski definition) is 0. The summed E-state index contributed by atoms with van der Waals surface area (Å²) in [5, 5.41) is 2.94. The molecule has 0 heterocycles. The van der Waals surface area contributed by atoms with Crippen LogP contribution in [0.15, 0.2) is 102 Å². The normalized spacial score (nSPS) is 19.4. The number of aryl methyl sites for hydroxylation is 1. The third kappa shape index (κ3) is 3.24. The van der Waals surface area contributed by atoms with Gasteiger partial charge in [0.05, 0.1) is 0 Å². The molecule has 145 valence electrons. The molecule has 0 saturated carbocycles. The first-order chi connectivity index (χ1) is 13.9. The number of hydrogen-bond donors (Lipinski definition) is 0. The van der Waals surface area contributed by atoms with Crippen LogP contribution in [0.1, 0.15) is 38.8 Å². The molecule has 0 aliphatic heterocycles. The molecule has 3 aromatic carbocycles. The molecule has 1 atom stereocenters. The van der Waals surface area contributed by atoms with Gasteiger partial charge in [-0.05, 0) is 50.0 Å². The Morgan fingerprint density at radius 1 is 0.621 bits per heavy atom. The average Bonchev–Trinajstić information content (AvgIpc) is 2.90. The van der Waals surface area contributed by atoms with Crippen LogP contribution >= 0.6 is 0 Å². The van der Waals surface area contributed by atoms with Crippen molar-refractivity contribution in [3.05, 3.63) is 113 Å². The first-order valence-electron chi connectivity index (χ1n) is 10.4. The SMILES string of the molecule is CC1=C(C)C(C)([Si](c2ccccc2)c2ccccc2)C(c2cccc(C)c2)=C1C. The van der Waals surface area contributed by atoms with Gasteiger partial charge in [-0.2, -0.15) is 0 Å². The number of rotatable bonds is 4. The first kappa shape index (κ1) is 19.7. The Balaban J connectivity index is 2.01. The highest BCUT2D eigenvalue weighted by molar-refractivity contribution is 6.89. The summed E-state index contributed by atoms with van der Waals surface area (Å²) in [6, 6.07) is 31.4. The maximum absolute atomic E-state index is 2.49. The van der Waals surface area contributed by atoms with E-state index in [1.807, 2.05) is 0 Å². The smallest absolute Gasteiger partial charge is 0.0628 e. The fourth-order valence-corrected chi connectivity index (χ4v) is 8.66. The summed E-state index contributed by atoms with van der Waals surface area (Å²) < 4.78 is 0. The van der Waals surface area contributed by atoms with Gasteiger partial charge >= 0.3 is 0 Å². The Labute approximate surface area is 177 Å². The van der Waals surface area contributed by atoms with Crippen LogP contribution in [0.2, 0.25) is 5.04 Å². The predicted molar refractivity (Wildman–Crippen MR) is 128 cm³/mol. The van der Waals surface area contributed by atoms with Crippen LogP contribution in [0.25, 0.3) is 5.57 Å². The molecule has 0 nitrogen and oxygen atoms in total. The van der Waals surface area contributed by atoms with Crippen LogP contribution in [0, 0.1) is 6.92 Å². The van der Waals surface area contributed by atoms with Crippen molar-refractivity contribution in [3.63, 3.8) is 0 Å². The first-order valence-corrected chi connectivity index (χ1v) is 11.9. The Morgan fingerprint density at radius 2 is 1.17 bits per heavy atom. The van der Waals surface area contributed by atoms with Crippen molar-refractivity contribution >= 4 is 24.7 Å². The van der Waals surface area contributed by atoms with Crippen molar-refractivity contribution in [1.29, 1.82) is 0 Å². The van der Waals surface area contributed by atoms with Gasteiger partial charge in [0.25, 0.3) is 0 Å². The third-order valence-corrected chi connectivity index (χ3v) is 10.1. The topological polar surface area (TPSA) is 0 Å². The van der Waals surface area contributed by atoms with Gasteiger partial charge in [-0.3, -0.25) is 0 Å². The maximum atomic E-state index is 2.49. The van der Waals surface area contributed by atoms with Crippen molar-refractivity contribution < 1.29 is 0 Å². The molecule has 1 unspecified atom stereocenters. The van der Waals surface area contributed by atoms with E-state index < -0.39 is 8.80 Å². The Hall–Kier alpha value is -2.64. The van der Waals surface area contributed by atoms with Crippen molar-refractivity contribution in [2.45, 2.75) is 39.7 Å². The minimum Gasteiger partial charge on any atom is -0.0628 e. The van der Waals surface area contributed by atoms with E-state index in [2.05, 4.69) is 120 Å². The molecular weight excluding hydrogens is 364 g/mol. The Kier molecular flexibility index (Phi) is 5.18. The molecule has 0 saturated heterocycles. The van der Waals surface area contributed by atoms with E-state index in [9.17, 15) is 0 Å². The second-order valence-electron chi connectivity index (χ2n) is 8.35. The maximum Gasteiger partial charge on any atom is 0.136 e. The quantitative estimate of drug-likeness (QED) is 0.464. The molecule has 0 N–H and O–H groups in total. The van der Waals surface area contributed by atoms with E-state index in [4.69, 9.17) is 0 Å². The molecule has 0 bridgehead atoms. The molecule has 1 aliphatic rings. The standard InChI is InChI=1S/C28H29Si/c1-20-13-12-14-24(19-20)27-22(3)21(2)23(4)28(27,5)29(25-15-8-6-9-16-25)26-17-10-7-11-18-26/h6-19H,1-5H3. The number of benzene rings is 3. The van der Waals surface area contributed by atoms with Gasteiger partial charge in [-0.25, -0.2) is 0 Å². The summed E-state index contributed by atoms with van der Waals surface area (Å²) in [7, 11) is -1.11. The molecule has 4 rings (SSSR count). The van der Waals surface area contributed by atoms with Gasteiger partial charge in [-0.15, -0.1) is 0 Å². The highest BCUT2D eigenvalue weighted by Gasteiger charge is 2.47. The van der Waals surface area contributed by atoms with Crippen LogP contribution in [-0.2, 0) is 0 Å². The van der Waals surface area contributed by atoms with E-state index in [0.29, 0.717) is 0 Å². The number of allylic oxidation sites excluding steroid dienone is 4. The van der Waals surface area contributed by atoms with Crippen LogP contribution in [-0.4, -0.2) is 8.80 Å². The summed E-state index contributed by atoms with van der Waals surface area (Å²) in [5.74, 6) is 0. The average molecular weight is 394 g/mol. The third-order valence-electron chi connectivity index (χ3n) is 6.68. The van der Waals surface area contributed by atoms with Crippen LogP contribution in [0.3, 0.4) is 0 Å². The molecule has 0 fully saturated rings. The molecule has 0 aromatic heterocycles. The molecule has 3 aromatic rings. The Morgan fingerprint density at radius 3 is 1.69 bits per heavy atom. The molecule has 29 heavy (non-hydrogen) atoms. The molecule has 0 spiro atoms. The fourth-order valence-electron chi connectivity index (χ4n) is 4.98. The lowest BCUT2D eigenvalue weighted by Gasteiger charge is -2.39. The summed E-state index contributed by atoms with van der Waals surface area (Å²) in [6.07, 6.45) is 0. The molecular formula is C28H29Si. The Bertz CT molecular complexity index is 1050. The second-order valence-corrected chi connectivity index (χ2v) is 11.3. The minimum atomic E-state index is -1.11. The van der Waals surface area contributed by atoms with Crippen molar-refractivity contribution in [2.75, 3.05) is 0 Å². The zero-order chi connectivity index (χ0) is 20.6. The van der Waals surface area contributed by atoms with Gasteiger partial charge in [0, 0.05) is 5.04 Å². The lowest BCUT2D eigenvalue weighted by molar-refractivity contribution is 0.901. The van der Waals surface area contributed by atoms with E-state index in [0.717, 1.165) is 0 Å². The van der Waals surface area contributed by atoms with Crippen molar-refractivity contribution in [2.24, 2.45) is 0 Å². The van der Waals surface area contributed by atoms with E-state index in [1.54, 1.807) is 0 Å². The van der Waals surface area contributed by atoms with Crippen molar-refractivity contribution in [3.8, 4) is 0 Å². The molecule has 1 aliphatic carbocycles. The summed E-state index contributed by atoms with van der Waals surface area (Å²) >= 11 is 0. The predicted octanol–water partition coefficient (Wildman–Crippen LogP) is 6.19. The largest absolute Gasteiger partial charge is 0.136 e. The zero-order valence-corrected chi connectivity index (χ0v) is 19.1. The lowest BCUT2D eigenvalue weighted by Crippen LogP contribution is -2.51. The summed E-state index contributed by atoms with van der Waals surface area (Å²) in [6.45, 7) is 11.7. The van der Waals surface area contributed by atoms with Crippen LogP contribution < -0.4 is 10.4 Å². The zero-order valence-electron chi connectivity index (χ0n) is 18.1. The van der Waals surface area contributed by atoms with Crippen LogP contribution in [0.4, 0.5) is 0 Å². The van der Waals surface area contributed by atoms with E-state index in [-0.39, 0.29) is 5.04 Å². The monoisotopic (exact) mass is 393 g/mol. The summed E-state index contributed by atoms with van der Waals surface area (Å²) in [4.78, 5) is 0. The highest BCUT2D eigenvalue weighted by Crippen LogP contribution is 2.58. The second kappa shape index (κ2) is 7.65. The van der Waals surface area contributed by atoms with Gasteiger partial charge in [0.1, 0.15) is 8.80 Å². The minimum absolute atomic E-state index is 0.00463. The summed E-state index contributed by atoms with van der Waals surface area (Å²) in [5.41, 5.74) is 8.63. The van der Waals surface area contributed by atoms with Crippen molar-refractivity contribution in [1.82, 2.24) is 0 Å². The molecule has 1 radical (unpaired) electrons. The fraction of sp³-hybridized carbons (Fsp3) is 0.214. The molecule has 1 heteroatoms. The highest BCUT2D eigenvalue weighted by atomic mass is 28.3. The van der Waals surface area contributed by atoms with Gasteiger partial charge in [-0.1, -0.05) is 113 Å². The van der Waals surface area contributed by atoms with Gasteiger partial charge in [0.2, 0.25) is 0 Å². The van der Waals surface area contributed by atoms with E-state index in [1.165, 1.54) is 43.8 Å². The molecule has 0 amide bonds. The van der Waals surface area contributed by atoms with Gasteiger partial charge in [0.15, 0.2) is 0 Å². The van der Waals surface area contributed by atoms with Crippen LogP contribution in [0.5, 0.6) is 0 Å². The van der Waals surface area contributed by atoms with Gasteiger partial charge < -0.3 is 0 Å². The van der Waals surface area contributed by atoms with E-state index >= 15 is 0 Å². The lowest BCUT2D eigenvalue weighted by atomic mass is 9.90.